The van der Waals surface area contributed by atoms with E-state index in [2.05, 4.69) is 31.0 Å². The van der Waals surface area contributed by atoms with E-state index in [0.717, 1.165) is 12.2 Å². The molecule has 1 fully saturated rings. The zero-order valence-corrected chi connectivity index (χ0v) is 9.12. The molecule has 0 spiro atoms. The summed E-state index contributed by atoms with van der Waals surface area (Å²) in [5.74, 6) is 1.28. The first-order valence-electron chi connectivity index (χ1n) is 5.20. The highest BCUT2D eigenvalue weighted by molar-refractivity contribution is 5.31. The smallest absolute Gasteiger partial charge is 0.0375 e. The molecule has 2 heteroatoms. The van der Waals surface area contributed by atoms with Crippen molar-refractivity contribution in [1.29, 1.82) is 0 Å². The zero-order chi connectivity index (χ0) is 10.3. The zero-order valence-electron chi connectivity index (χ0n) is 9.12. The average Bonchev–Trinajstić information content (AvgIpc) is 2.68. The van der Waals surface area contributed by atoms with Crippen LogP contribution in [0.2, 0.25) is 0 Å². The molecule has 0 aromatic carbocycles. The van der Waals surface area contributed by atoms with Crippen LogP contribution in [0, 0.1) is 18.3 Å². The highest BCUT2D eigenvalue weighted by Gasteiger charge is 2.57. The largest absolute Gasteiger partial charge is 0.330 e. The van der Waals surface area contributed by atoms with Crippen molar-refractivity contribution in [2.24, 2.45) is 17.1 Å². The van der Waals surface area contributed by atoms with E-state index in [9.17, 15) is 0 Å². The van der Waals surface area contributed by atoms with Gasteiger partial charge in [0.1, 0.15) is 0 Å². The Balaban J connectivity index is 2.26. The molecule has 1 aromatic heterocycles. The highest BCUT2D eigenvalue weighted by Crippen LogP contribution is 2.63. The number of hydrogen-bond acceptors (Lipinski definition) is 2. The van der Waals surface area contributed by atoms with Gasteiger partial charge in [0, 0.05) is 11.9 Å². The van der Waals surface area contributed by atoms with Crippen LogP contribution in [0.4, 0.5) is 0 Å². The summed E-state index contributed by atoms with van der Waals surface area (Å²) in [6, 6.07) is 4.30. The predicted molar refractivity (Wildman–Crippen MR) is 58.0 cm³/mol. The van der Waals surface area contributed by atoms with Crippen molar-refractivity contribution < 1.29 is 0 Å². The third kappa shape index (κ3) is 1.34. The van der Waals surface area contributed by atoms with Gasteiger partial charge in [0.2, 0.25) is 0 Å². The first kappa shape index (κ1) is 9.66. The summed E-state index contributed by atoms with van der Waals surface area (Å²) >= 11 is 0. The van der Waals surface area contributed by atoms with Gasteiger partial charge in [-0.25, -0.2) is 0 Å². The van der Waals surface area contributed by atoms with Gasteiger partial charge in [0.25, 0.3) is 0 Å². The van der Waals surface area contributed by atoms with Crippen LogP contribution in [0.25, 0.3) is 0 Å². The Morgan fingerprint density at radius 2 is 2.21 bits per heavy atom. The summed E-state index contributed by atoms with van der Waals surface area (Å²) in [5, 5.41) is 0. The molecule has 2 rings (SSSR count). The Hall–Kier alpha value is -0.890. The van der Waals surface area contributed by atoms with Crippen molar-refractivity contribution in [3.05, 3.63) is 29.6 Å². The van der Waals surface area contributed by atoms with Crippen LogP contribution >= 0.6 is 0 Å². The standard InChI is InChI=1S/C12H18N2/c1-8-6-9(4-5-14-8)11-10(7-13)12(11,2)3/h4-6,10-11H,7,13H2,1-3H3. The SMILES string of the molecule is Cc1cc(C2C(CN)C2(C)C)ccn1. The van der Waals surface area contributed by atoms with Crippen molar-refractivity contribution in [2.45, 2.75) is 26.7 Å². The van der Waals surface area contributed by atoms with E-state index in [1.807, 2.05) is 13.1 Å². The molecule has 0 aliphatic heterocycles. The van der Waals surface area contributed by atoms with Gasteiger partial charge in [0.05, 0.1) is 0 Å². The molecule has 1 aromatic rings. The van der Waals surface area contributed by atoms with E-state index in [0.29, 0.717) is 17.3 Å². The fourth-order valence-corrected chi connectivity index (χ4v) is 2.61. The van der Waals surface area contributed by atoms with Gasteiger partial charge in [-0.1, -0.05) is 13.8 Å². The monoisotopic (exact) mass is 190 g/mol. The van der Waals surface area contributed by atoms with Crippen molar-refractivity contribution >= 4 is 0 Å². The maximum absolute atomic E-state index is 5.76. The normalized spacial score (nSPS) is 28.9. The topological polar surface area (TPSA) is 38.9 Å². The van der Waals surface area contributed by atoms with E-state index in [1.54, 1.807) is 0 Å². The molecule has 2 nitrogen and oxygen atoms in total. The highest BCUT2D eigenvalue weighted by atomic mass is 14.7. The second-order valence-corrected chi connectivity index (χ2v) is 4.87. The minimum Gasteiger partial charge on any atom is -0.330 e. The number of hydrogen-bond donors (Lipinski definition) is 1. The van der Waals surface area contributed by atoms with Gasteiger partial charge in [-0.3, -0.25) is 4.98 Å². The van der Waals surface area contributed by atoms with E-state index < -0.39 is 0 Å². The Morgan fingerprint density at radius 3 is 2.71 bits per heavy atom. The number of pyridine rings is 1. The second kappa shape index (κ2) is 3.06. The van der Waals surface area contributed by atoms with Crippen molar-refractivity contribution in [3.63, 3.8) is 0 Å². The van der Waals surface area contributed by atoms with Crippen LogP contribution in [-0.2, 0) is 0 Å². The number of nitrogens with two attached hydrogens (primary N) is 1. The molecule has 0 bridgehead atoms. The number of nitrogens with zero attached hydrogens (tertiary/aromatic N) is 1. The van der Waals surface area contributed by atoms with E-state index in [1.165, 1.54) is 5.56 Å². The minimum atomic E-state index is 0.378. The van der Waals surface area contributed by atoms with Crippen molar-refractivity contribution in [3.8, 4) is 0 Å². The lowest BCUT2D eigenvalue weighted by Crippen LogP contribution is -2.05. The third-order valence-electron chi connectivity index (χ3n) is 3.58. The molecule has 14 heavy (non-hydrogen) atoms. The molecule has 0 radical (unpaired) electrons. The molecular formula is C12H18N2. The second-order valence-electron chi connectivity index (χ2n) is 4.87. The summed E-state index contributed by atoms with van der Waals surface area (Å²) < 4.78 is 0. The maximum Gasteiger partial charge on any atom is 0.0375 e. The van der Waals surface area contributed by atoms with Gasteiger partial charge in [-0.2, -0.15) is 0 Å². The van der Waals surface area contributed by atoms with Gasteiger partial charge in [0.15, 0.2) is 0 Å². The Labute approximate surface area is 85.5 Å². The molecule has 2 atom stereocenters. The molecule has 76 valence electrons. The molecule has 1 heterocycles. The van der Waals surface area contributed by atoms with Crippen LogP contribution < -0.4 is 5.73 Å². The lowest BCUT2D eigenvalue weighted by atomic mass is 10.0. The fourth-order valence-electron chi connectivity index (χ4n) is 2.61. The van der Waals surface area contributed by atoms with Crippen LogP contribution in [0.15, 0.2) is 18.3 Å². The van der Waals surface area contributed by atoms with Crippen molar-refractivity contribution in [1.82, 2.24) is 4.98 Å². The van der Waals surface area contributed by atoms with Gasteiger partial charge in [-0.15, -0.1) is 0 Å². The molecule has 2 N–H and O–H groups in total. The van der Waals surface area contributed by atoms with Crippen LogP contribution in [0.3, 0.4) is 0 Å². The molecule has 1 aliphatic carbocycles. The molecule has 0 amide bonds. The quantitative estimate of drug-likeness (QED) is 0.775. The average molecular weight is 190 g/mol. The lowest BCUT2D eigenvalue weighted by molar-refractivity contribution is 0.558. The summed E-state index contributed by atoms with van der Waals surface area (Å²) in [6.07, 6.45) is 1.90. The summed E-state index contributed by atoms with van der Waals surface area (Å²) in [7, 11) is 0. The Kier molecular flexibility index (Phi) is 2.11. The molecule has 2 unspecified atom stereocenters. The Bertz CT molecular complexity index is 344. The molecule has 0 saturated heterocycles. The van der Waals surface area contributed by atoms with Crippen LogP contribution in [0.1, 0.15) is 31.0 Å². The third-order valence-corrected chi connectivity index (χ3v) is 3.58. The van der Waals surface area contributed by atoms with Crippen molar-refractivity contribution in [2.75, 3.05) is 6.54 Å². The van der Waals surface area contributed by atoms with Gasteiger partial charge >= 0.3 is 0 Å². The maximum atomic E-state index is 5.76. The summed E-state index contributed by atoms with van der Waals surface area (Å²) in [4.78, 5) is 4.22. The van der Waals surface area contributed by atoms with E-state index in [4.69, 9.17) is 5.73 Å². The molecule has 1 saturated carbocycles. The number of aromatic nitrogens is 1. The molecular weight excluding hydrogens is 172 g/mol. The van der Waals surface area contributed by atoms with Gasteiger partial charge in [-0.05, 0) is 48.4 Å². The van der Waals surface area contributed by atoms with E-state index >= 15 is 0 Å². The van der Waals surface area contributed by atoms with E-state index in [-0.39, 0.29) is 0 Å². The van der Waals surface area contributed by atoms with Crippen LogP contribution in [0.5, 0.6) is 0 Å². The molecule has 1 aliphatic rings. The first-order chi connectivity index (χ1) is 6.57. The summed E-state index contributed by atoms with van der Waals surface area (Å²) in [5.41, 5.74) is 8.64. The summed E-state index contributed by atoms with van der Waals surface area (Å²) in [6.45, 7) is 7.42. The minimum absolute atomic E-state index is 0.378. The number of rotatable bonds is 2. The van der Waals surface area contributed by atoms with Crippen LogP contribution in [-0.4, -0.2) is 11.5 Å². The fraction of sp³-hybridized carbons (Fsp3) is 0.583. The lowest BCUT2D eigenvalue weighted by Gasteiger charge is -2.03. The Morgan fingerprint density at radius 1 is 1.50 bits per heavy atom. The predicted octanol–water partition coefficient (Wildman–Crippen LogP) is 2.09. The number of aryl methyl sites for hydroxylation is 1. The van der Waals surface area contributed by atoms with Gasteiger partial charge < -0.3 is 5.73 Å². The first-order valence-corrected chi connectivity index (χ1v) is 5.20.